The Morgan fingerprint density at radius 3 is 2.83 bits per heavy atom. The van der Waals surface area contributed by atoms with E-state index in [0.717, 1.165) is 6.29 Å². The average Bonchev–Trinajstić information content (AvgIpc) is 2.25. The van der Waals surface area contributed by atoms with Crippen molar-refractivity contribution in [2.45, 2.75) is 39.2 Å². The number of hydrogen-bond acceptors (Lipinski definition) is 4. The maximum atomic E-state index is 11.6. The second kappa shape index (κ2) is 6.14. The lowest BCUT2D eigenvalue weighted by atomic mass is 10.2. The molecular formula is C13H18N2O3. The number of anilines is 1. The van der Waals surface area contributed by atoms with E-state index in [0.29, 0.717) is 24.2 Å². The van der Waals surface area contributed by atoms with Crippen molar-refractivity contribution < 1.29 is 14.3 Å². The minimum atomic E-state index is -0.546. The molecule has 0 bridgehead atoms. The van der Waals surface area contributed by atoms with E-state index in [1.165, 1.54) is 0 Å². The molecule has 18 heavy (non-hydrogen) atoms. The number of amides is 1. The van der Waals surface area contributed by atoms with Crippen LogP contribution >= 0.6 is 0 Å². The summed E-state index contributed by atoms with van der Waals surface area (Å²) < 4.78 is 5.15. The van der Waals surface area contributed by atoms with Crippen molar-refractivity contribution in [3.8, 4) is 0 Å². The summed E-state index contributed by atoms with van der Waals surface area (Å²) in [5.41, 5.74) is 0.707. The van der Waals surface area contributed by atoms with Crippen LogP contribution in [0.15, 0.2) is 18.3 Å². The van der Waals surface area contributed by atoms with Crippen LogP contribution < -0.4 is 5.32 Å². The van der Waals surface area contributed by atoms with Gasteiger partial charge in [-0.25, -0.2) is 4.79 Å². The summed E-state index contributed by atoms with van der Waals surface area (Å²) >= 11 is 0. The smallest absolute Gasteiger partial charge is 0.412 e. The van der Waals surface area contributed by atoms with E-state index in [1.807, 2.05) is 0 Å². The molecule has 0 aromatic carbocycles. The van der Waals surface area contributed by atoms with Gasteiger partial charge in [-0.05, 0) is 39.3 Å². The molecule has 0 aliphatic rings. The summed E-state index contributed by atoms with van der Waals surface area (Å²) in [6.45, 7) is 5.38. The molecule has 0 saturated heterocycles. The summed E-state index contributed by atoms with van der Waals surface area (Å²) in [5.74, 6) is 0. The van der Waals surface area contributed by atoms with Crippen molar-refractivity contribution >= 4 is 18.1 Å². The molecule has 0 fully saturated rings. The van der Waals surface area contributed by atoms with Crippen LogP contribution in [0.4, 0.5) is 10.5 Å². The van der Waals surface area contributed by atoms with Gasteiger partial charge < -0.3 is 9.53 Å². The van der Waals surface area contributed by atoms with Gasteiger partial charge in [-0.15, -0.1) is 0 Å². The highest BCUT2D eigenvalue weighted by Gasteiger charge is 2.17. The second-order valence-corrected chi connectivity index (χ2v) is 4.83. The van der Waals surface area contributed by atoms with Crippen LogP contribution in [0.2, 0.25) is 0 Å². The van der Waals surface area contributed by atoms with Crippen LogP contribution in [0.25, 0.3) is 0 Å². The number of aldehydes is 1. The zero-order chi connectivity index (χ0) is 13.6. The Bertz CT molecular complexity index is 424. The lowest BCUT2D eigenvalue weighted by Crippen LogP contribution is -2.27. The molecule has 0 aliphatic carbocycles. The largest absolute Gasteiger partial charge is 0.444 e. The zero-order valence-electron chi connectivity index (χ0n) is 10.9. The maximum Gasteiger partial charge on any atom is 0.412 e. The Kier molecular flexibility index (Phi) is 4.83. The van der Waals surface area contributed by atoms with Crippen LogP contribution in [0, 0.1) is 0 Å². The monoisotopic (exact) mass is 250 g/mol. The Hall–Kier alpha value is -1.91. The van der Waals surface area contributed by atoms with Crippen molar-refractivity contribution in [3.05, 3.63) is 24.0 Å². The van der Waals surface area contributed by atoms with Crippen LogP contribution in [-0.2, 0) is 16.0 Å². The van der Waals surface area contributed by atoms with Gasteiger partial charge in [0.2, 0.25) is 0 Å². The molecule has 0 spiro atoms. The molecule has 5 nitrogen and oxygen atoms in total. The van der Waals surface area contributed by atoms with Crippen molar-refractivity contribution in [1.82, 2.24) is 4.98 Å². The molecule has 1 aromatic rings. The summed E-state index contributed by atoms with van der Waals surface area (Å²) in [5, 5.41) is 2.64. The number of ether oxygens (including phenoxy) is 1. The summed E-state index contributed by atoms with van der Waals surface area (Å²) in [6, 6.07) is 3.45. The van der Waals surface area contributed by atoms with Gasteiger partial charge in [0.25, 0.3) is 0 Å². The van der Waals surface area contributed by atoms with E-state index < -0.39 is 11.7 Å². The van der Waals surface area contributed by atoms with E-state index >= 15 is 0 Å². The van der Waals surface area contributed by atoms with Gasteiger partial charge >= 0.3 is 6.09 Å². The van der Waals surface area contributed by atoms with Crippen molar-refractivity contribution in [3.63, 3.8) is 0 Å². The standard InChI is InChI=1S/C13H18N2O3/c1-13(2,3)18-12(17)15-11-6-4-8-14-10(11)7-5-9-16/h4,6,8-9H,5,7H2,1-3H3,(H,15,17). The van der Waals surface area contributed by atoms with Crippen LogP contribution in [0.1, 0.15) is 32.9 Å². The molecule has 0 aliphatic heterocycles. The van der Waals surface area contributed by atoms with Crippen molar-refractivity contribution in [2.24, 2.45) is 0 Å². The lowest BCUT2D eigenvalue weighted by molar-refractivity contribution is -0.107. The second-order valence-electron chi connectivity index (χ2n) is 4.83. The molecule has 1 aromatic heterocycles. The maximum absolute atomic E-state index is 11.6. The fourth-order valence-corrected chi connectivity index (χ4v) is 1.36. The van der Waals surface area contributed by atoms with E-state index in [1.54, 1.807) is 39.1 Å². The molecule has 1 N–H and O–H groups in total. The van der Waals surface area contributed by atoms with E-state index in [-0.39, 0.29) is 0 Å². The Balaban J connectivity index is 2.71. The molecule has 0 radical (unpaired) electrons. The first-order valence-corrected chi connectivity index (χ1v) is 5.80. The number of aryl methyl sites for hydroxylation is 1. The topological polar surface area (TPSA) is 68.3 Å². The van der Waals surface area contributed by atoms with E-state index in [2.05, 4.69) is 10.3 Å². The van der Waals surface area contributed by atoms with Crippen LogP contribution in [-0.4, -0.2) is 23.0 Å². The van der Waals surface area contributed by atoms with Crippen LogP contribution in [0.5, 0.6) is 0 Å². The molecule has 0 atom stereocenters. The predicted octanol–water partition coefficient (Wildman–Crippen LogP) is 2.56. The highest BCUT2D eigenvalue weighted by Crippen LogP contribution is 2.15. The first kappa shape index (κ1) is 14.2. The number of carbonyl (C=O) groups excluding carboxylic acids is 2. The van der Waals surface area contributed by atoms with Gasteiger partial charge in [0, 0.05) is 12.6 Å². The number of hydrogen-bond donors (Lipinski definition) is 1. The Morgan fingerprint density at radius 2 is 2.22 bits per heavy atom. The van der Waals surface area contributed by atoms with Gasteiger partial charge in [0.1, 0.15) is 11.9 Å². The first-order valence-electron chi connectivity index (χ1n) is 5.80. The Labute approximate surface area is 107 Å². The van der Waals surface area contributed by atoms with Gasteiger partial charge in [-0.3, -0.25) is 10.3 Å². The predicted molar refractivity (Wildman–Crippen MR) is 68.5 cm³/mol. The number of aromatic nitrogens is 1. The van der Waals surface area contributed by atoms with Crippen LogP contribution in [0.3, 0.4) is 0 Å². The summed E-state index contributed by atoms with van der Waals surface area (Å²) in [6.07, 6.45) is 2.80. The quantitative estimate of drug-likeness (QED) is 0.834. The van der Waals surface area contributed by atoms with E-state index in [4.69, 9.17) is 4.74 Å². The summed E-state index contributed by atoms with van der Waals surface area (Å²) in [7, 11) is 0. The fourth-order valence-electron chi connectivity index (χ4n) is 1.36. The molecule has 0 unspecified atom stereocenters. The third-order valence-electron chi connectivity index (χ3n) is 2.02. The minimum absolute atomic E-state index is 0.375. The number of nitrogens with one attached hydrogen (secondary N) is 1. The normalized spacial score (nSPS) is 10.8. The van der Waals surface area contributed by atoms with Gasteiger partial charge in [0.15, 0.2) is 0 Å². The van der Waals surface area contributed by atoms with E-state index in [9.17, 15) is 9.59 Å². The van der Waals surface area contributed by atoms with Crippen molar-refractivity contribution in [1.29, 1.82) is 0 Å². The van der Waals surface area contributed by atoms with Crippen molar-refractivity contribution in [2.75, 3.05) is 5.32 Å². The summed E-state index contributed by atoms with van der Waals surface area (Å²) in [4.78, 5) is 26.1. The SMILES string of the molecule is CC(C)(C)OC(=O)Nc1cccnc1CCC=O. The highest BCUT2D eigenvalue weighted by molar-refractivity contribution is 5.85. The molecular weight excluding hydrogens is 232 g/mol. The van der Waals surface area contributed by atoms with Gasteiger partial charge in [-0.1, -0.05) is 0 Å². The molecule has 1 rings (SSSR count). The number of nitrogens with zero attached hydrogens (tertiary/aromatic N) is 1. The zero-order valence-corrected chi connectivity index (χ0v) is 10.9. The van der Waals surface area contributed by atoms with Gasteiger partial charge in [0.05, 0.1) is 11.4 Å². The molecule has 1 heterocycles. The number of rotatable bonds is 4. The lowest BCUT2D eigenvalue weighted by Gasteiger charge is -2.20. The van der Waals surface area contributed by atoms with Gasteiger partial charge in [-0.2, -0.15) is 0 Å². The number of carbonyl (C=O) groups is 2. The molecule has 1 amide bonds. The molecule has 98 valence electrons. The highest BCUT2D eigenvalue weighted by atomic mass is 16.6. The average molecular weight is 250 g/mol. The molecule has 0 saturated carbocycles. The third-order valence-corrected chi connectivity index (χ3v) is 2.02. The number of pyridine rings is 1. The minimum Gasteiger partial charge on any atom is -0.444 e. The Morgan fingerprint density at radius 1 is 1.50 bits per heavy atom. The fraction of sp³-hybridized carbons (Fsp3) is 0.462. The molecule has 5 heteroatoms. The third kappa shape index (κ3) is 4.95. The first-order chi connectivity index (χ1) is 8.42.